The molecule has 0 bridgehead atoms. The second-order valence-electron chi connectivity index (χ2n) is 6.86. The molecule has 0 aromatic rings. The van der Waals surface area contributed by atoms with Gasteiger partial charge in [0, 0.05) is 18.6 Å². The average molecular weight is 242 g/mol. The van der Waals surface area contributed by atoms with Crippen LogP contribution in [0.15, 0.2) is 0 Å². The fourth-order valence-corrected chi connectivity index (χ4v) is 1.93. The highest BCUT2D eigenvalue weighted by Crippen LogP contribution is 2.22. The highest BCUT2D eigenvalue weighted by molar-refractivity contribution is 4.82. The summed E-state index contributed by atoms with van der Waals surface area (Å²) in [7, 11) is 2.25. The van der Waals surface area contributed by atoms with Gasteiger partial charge in [0.1, 0.15) is 0 Å². The van der Waals surface area contributed by atoms with Crippen LogP contribution in [0.5, 0.6) is 0 Å². The first-order chi connectivity index (χ1) is 7.72. The predicted octanol–water partition coefficient (Wildman–Crippen LogP) is 3.52. The van der Waals surface area contributed by atoms with Crippen molar-refractivity contribution in [2.75, 3.05) is 26.7 Å². The van der Waals surface area contributed by atoms with Crippen molar-refractivity contribution in [1.82, 2.24) is 10.2 Å². The van der Waals surface area contributed by atoms with Crippen LogP contribution < -0.4 is 5.32 Å². The van der Waals surface area contributed by atoms with Gasteiger partial charge in [-0.1, -0.05) is 27.2 Å². The van der Waals surface area contributed by atoms with Crippen molar-refractivity contribution in [2.45, 2.75) is 66.3 Å². The first-order valence-corrected chi connectivity index (χ1v) is 7.16. The summed E-state index contributed by atoms with van der Waals surface area (Å²) in [6.07, 6.45) is 3.82. The molecule has 0 rings (SSSR count). The Morgan fingerprint density at radius 3 is 2.06 bits per heavy atom. The minimum Gasteiger partial charge on any atom is -0.311 e. The lowest BCUT2D eigenvalue weighted by Crippen LogP contribution is -2.46. The van der Waals surface area contributed by atoms with Crippen LogP contribution >= 0.6 is 0 Å². The van der Waals surface area contributed by atoms with E-state index in [1.54, 1.807) is 0 Å². The Labute approximate surface area is 109 Å². The Bertz CT molecular complexity index is 196. The second kappa shape index (κ2) is 7.38. The van der Waals surface area contributed by atoms with Gasteiger partial charge < -0.3 is 10.2 Å². The van der Waals surface area contributed by atoms with Crippen molar-refractivity contribution in [3.63, 3.8) is 0 Å². The lowest BCUT2D eigenvalue weighted by atomic mass is 9.86. The van der Waals surface area contributed by atoms with Crippen molar-refractivity contribution < 1.29 is 0 Å². The van der Waals surface area contributed by atoms with Gasteiger partial charge in [0.15, 0.2) is 0 Å². The molecule has 2 nitrogen and oxygen atoms in total. The third-order valence-corrected chi connectivity index (χ3v) is 3.44. The molecule has 0 aliphatic carbocycles. The molecule has 0 aliphatic rings. The van der Waals surface area contributed by atoms with Crippen LogP contribution in [0.2, 0.25) is 0 Å². The summed E-state index contributed by atoms with van der Waals surface area (Å²) in [5.74, 6) is 0. The molecule has 0 aromatic carbocycles. The molecule has 2 heteroatoms. The van der Waals surface area contributed by atoms with E-state index in [0.717, 1.165) is 6.54 Å². The number of hydrogen-bond donors (Lipinski definition) is 1. The summed E-state index contributed by atoms with van der Waals surface area (Å²) in [6, 6.07) is 0. The molecule has 0 aromatic heterocycles. The van der Waals surface area contributed by atoms with Gasteiger partial charge in [0.25, 0.3) is 0 Å². The van der Waals surface area contributed by atoms with Gasteiger partial charge in [-0.05, 0) is 52.6 Å². The molecule has 0 amide bonds. The van der Waals surface area contributed by atoms with E-state index >= 15 is 0 Å². The Hall–Kier alpha value is -0.0800. The maximum absolute atomic E-state index is 3.65. The minimum absolute atomic E-state index is 0.221. The lowest BCUT2D eigenvalue weighted by Gasteiger charge is -2.36. The van der Waals surface area contributed by atoms with Crippen LogP contribution in [0, 0.1) is 5.41 Å². The number of nitrogens with zero attached hydrogens (tertiary/aromatic N) is 1. The zero-order chi connectivity index (χ0) is 13.5. The Morgan fingerprint density at radius 2 is 1.65 bits per heavy atom. The number of nitrogens with one attached hydrogen (secondary N) is 1. The second-order valence-corrected chi connectivity index (χ2v) is 6.86. The van der Waals surface area contributed by atoms with Crippen LogP contribution in [0.25, 0.3) is 0 Å². The molecule has 0 saturated heterocycles. The van der Waals surface area contributed by atoms with E-state index in [1.807, 2.05) is 0 Å². The highest BCUT2D eigenvalue weighted by Gasteiger charge is 2.25. The molecule has 1 unspecified atom stereocenters. The first-order valence-electron chi connectivity index (χ1n) is 7.16. The largest absolute Gasteiger partial charge is 0.311 e. The summed E-state index contributed by atoms with van der Waals surface area (Å²) >= 11 is 0. The molecular weight excluding hydrogens is 208 g/mol. The van der Waals surface area contributed by atoms with Crippen LogP contribution in [-0.2, 0) is 0 Å². The van der Waals surface area contributed by atoms with Gasteiger partial charge in [-0.2, -0.15) is 0 Å². The molecule has 0 heterocycles. The third kappa shape index (κ3) is 8.62. The number of hydrogen-bond acceptors (Lipinski definition) is 2. The Morgan fingerprint density at radius 1 is 1.06 bits per heavy atom. The van der Waals surface area contributed by atoms with Gasteiger partial charge in [0.2, 0.25) is 0 Å². The van der Waals surface area contributed by atoms with E-state index in [0.29, 0.717) is 5.41 Å². The predicted molar refractivity (Wildman–Crippen MR) is 78.6 cm³/mol. The van der Waals surface area contributed by atoms with Crippen LogP contribution in [-0.4, -0.2) is 37.1 Å². The summed E-state index contributed by atoms with van der Waals surface area (Å²) in [6.45, 7) is 17.2. The van der Waals surface area contributed by atoms with E-state index in [-0.39, 0.29) is 5.54 Å². The molecule has 0 saturated carbocycles. The Kier molecular flexibility index (Phi) is 7.34. The molecule has 0 aliphatic heterocycles. The van der Waals surface area contributed by atoms with Gasteiger partial charge >= 0.3 is 0 Å². The van der Waals surface area contributed by atoms with Gasteiger partial charge in [-0.3, -0.25) is 0 Å². The molecule has 17 heavy (non-hydrogen) atoms. The zero-order valence-electron chi connectivity index (χ0n) is 13.2. The third-order valence-electron chi connectivity index (χ3n) is 3.44. The average Bonchev–Trinajstić information content (AvgIpc) is 2.23. The van der Waals surface area contributed by atoms with Crippen LogP contribution in [0.1, 0.15) is 60.8 Å². The standard InChI is InChI=1S/C15H34N2/c1-8-10-11-17(7)13-15(6,9-2)12-16-14(3,4)5/h16H,8-13H2,1-7H3. The van der Waals surface area contributed by atoms with E-state index in [9.17, 15) is 0 Å². The molecule has 1 N–H and O–H groups in total. The lowest BCUT2D eigenvalue weighted by molar-refractivity contribution is 0.167. The van der Waals surface area contributed by atoms with Crippen molar-refractivity contribution in [3.8, 4) is 0 Å². The van der Waals surface area contributed by atoms with Gasteiger partial charge in [-0.15, -0.1) is 0 Å². The number of rotatable bonds is 8. The van der Waals surface area contributed by atoms with Crippen molar-refractivity contribution in [3.05, 3.63) is 0 Å². The van der Waals surface area contributed by atoms with Gasteiger partial charge in [0.05, 0.1) is 0 Å². The first kappa shape index (κ1) is 16.9. The summed E-state index contributed by atoms with van der Waals surface area (Å²) in [5, 5.41) is 3.65. The molecule has 0 fully saturated rings. The van der Waals surface area contributed by atoms with Crippen molar-refractivity contribution in [2.24, 2.45) is 5.41 Å². The summed E-state index contributed by atoms with van der Waals surface area (Å²) in [4.78, 5) is 2.48. The van der Waals surface area contributed by atoms with E-state index < -0.39 is 0 Å². The fourth-order valence-electron chi connectivity index (χ4n) is 1.93. The van der Waals surface area contributed by atoms with Crippen molar-refractivity contribution >= 4 is 0 Å². The topological polar surface area (TPSA) is 15.3 Å². The van der Waals surface area contributed by atoms with Crippen LogP contribution in [0.3, 0.4) is 0 Å². The van der Waals surface area contributed by atoms with Crippen LogP contribution in [0.4, 0.5) is 0 Å². The normalized spacial score (nSPS) is 16.2. The molecule has 1 atom stereocenters. The highest BCUT2D eigenvalue weighted by atomic mass is 15.1. The maximum Gasteiger partial charge on any atom is 0.00967 e. The van der Waals surface area contributed by atoms with Gasteiger partial charge in [-0.25, -0.2) is 0 Å². The number of unbranched alkanes of at least 4 members (excludes halogenated alkanes) is 1. The fraction of sp³-hybridized carbons (Fsp3) is 1.00. The minimum atomic E-state index is 0.221. The molecular formula is C15H34N2. The van der Waals surface area contributed by atoms with E-state index in [4.69, 9.17) is 0 Å². The molecule has 104 valence electrons. The Balaban J connectivity index is 4.17. The zero-order valence-corrected chi connectivity index (χ0v) is 13.2. The van der Waals surface area contributed by atoms with E-state index in [1.165, 1.54) is 32.4 Å². The van der Waals surface area contributed by atoms with E-state index in [2.05, 4.69) is 58.8 Å². The maximum atomic E-state index is 3.65. The monoisotopic (exact) mass is 242 g/mol. The smallest absolute Gasteiger partial charge is 0.00967 e. The summed E-state index contributed by atoms with van der Waals surface area (Å²) < 4.78 is 0. The molecule has 0 spiro atoms. The summed E-state index contributed by atoms with van der Waals surface area (Å²) in [5.41, 5.74) is 0.605. The molecule has 0 radical (unpaired) electrons. The SMILES string of the molecule is CCCCN(C)CC(C)(CC)CNC(C)(C)C. The quantitative estimate of drug-likeness (QED) is 0.700. The van der Waals surface area contributed by atoms with Crippen molar-refractivity contribution in [1.29, 1.82) is 0 Å².